The molecule has 0 aliphatic rings. The first kappa shape index (κ1) is 15.0. The summed E-state index contributed by atoms with van der Waals surface area (Å²) in [5.74, 6) is -0.328. The molecule has 1 aromatic carbocycles. The summed E-state index contributed by atoms with van der Waals surface area (Å²) in [6.45, 7) is 0. The molecular formula is C12H9Br2N3O2S. The van der Waals surface area contributed by atoms with Gasteiger partial charge in [-0.3, -0.25) is 4.79 Å². The molecule has 0 bridgehead atoms. The minimum absolute atomic E-state index is 0.0693. The molecule has 4 N–H and O–H groups in total. The van der Waals surface area contributed by atoms with E-state index in [9.17, 15) is 4.79 Å². The van der Waals surface area contributed by atoms with Crippen molar-refractivity contribution >= 4 is 60.6 Å². The van der Waals surface area contributed by atoms with Gasteiger partial charge in [0.25, 0.3) is 5.91 Å². The second-order valence-electron chi connectivity index (χ2n) is 3.73. The van der Waals surface area contributed by atoms with Crippen molar-refractivity contribution in [2.75, 3.05) is 5.32 Å². The molecule has 1 heterocycles. The summed E-state index contributed by atoms with van der Waals surface area (Å²) in [5.41, 5.74) is 6.50. The predicted molar refractivity (Wildman–Crippen MR) is 86.6 cm³/mol. The second kappa shape index (κ2) is 6.38. The molecule has 0 saturated heterocycles. The van der Waals surface area contributed by atoms with Crippen LogP contribution in [0.1, 0.15) is 15.2 Å². The Balaban J connectivity index is 2.33. The van der Waals surface area contributed by atoms with Crippen molar-refractivity contribution in [2.45, 2.75) is 0 Å². The highest BCUT2D eigenvalue weighted by Crippen LogP contribution is 2.25. The summed E-state index contributed by atoms with van der Waals surface area (Å²) in [5, 5.41) is 14.5. The molecule has 0 radical (unpaired) electrons. The first-order valence-electron chi connectivity index (χ1n) is 5.35. The summed E-state index contributed by atoms with van der Waals surface area (Å²) in [4.78, 5) is 12.7. The number of benzene rings is 1. The van der Waals surface area contributed by atoms with Crippen LogP contribution in [0.25, 0.3) is 0 Å². The Bertz CT molecular complexity index is 685. The number of nitrogens with one attached hydrogen (secondary N) is 1. The fourth-order valence-corrected chi connectivity index (χ4v) is 3.16. The lowest BCUT2D eigenvalue weighted by molar-refractivity contribution is 0.103. The minimum atomic E-state index is -0.259. The van der Waals surface area contributed by atoms with Crippen molar-refractivity contribution < 1.29 is 10.0 Å². The van der Waals surface area contributed by atoms with Gasteiger partial charge in [-0.1, -0.05) is 21.1 Å². The van der Waals surface area contributed by atoms with Gasteiger partial charge in [-0.2, -0.15) is 0 Å². The number of hydrogen-bond acceptors (Lipinski definition) is 4. The Morgan fingerprint density at radius 3 is 2.65 bits per heavy atom. The molecular weight excluding hydrogens is 410 g/mol. The lowest BCUT2D eigenvalue weighted by Crippen LogP contribution is -2.18. The molecule has 20 heavy (non-hydrogen) atoms. The average molecular weight is 419 g/mol. The van der Waals surface area contributed by atoms with Crippen LogP contribution in [0.2, 0.25) is 0 Å². The van der Waals surface area contributed by atoms with E-state index in [2.05, 4.69) is 42.3 Å². The van der Waals surface area contributed by atoms with Crippen LogP contribution in [-0.4, -0.2) is 17.0 Å². The fourth-order valence-electron chi connectivity index (χ4n) is 1.52. The number of oxime groups is 1. The lowest BCUT2D eigenvalue weighted by Gasteiger charge is -2.10. The molecule has 8 heteroatoms. The Morgan fingerprint density at radius 2 is 2.05 bits per heavy atom. The fraction of sp³-hybridized carbons (Fsp3) is 0. The Labute approximate surface area is 135 Å². The molecule has 0 atom stereocenters. The Kier molecular flexibility index (Phi) is 4.79. The molecule has 104 valence electrons. The number of nitrogens with zero attached hydrogens (tertiary/aromatic N) is 1. The number of carbonyl (C=O) groups excluding carboxylic acids is 1. The molecule has 0 unspecified atom stereocenters. The van der Waals surface area contributed by atoms with Crippen LogP contribution in [0.5, 0.6) is 0 Å². The Hall–Kier alpha value is -1.38. The summed E-state index contributed by atoms with van der Waals surface area (Å²) >= 11 is 7.94. The third kappa shape index (κ3) is 3.38. The summed E-state index contributed by atoms with van der Waals surface area (Å²) in [6, 6.07) is 8.59. The largest absolute Gasteiger partial charge is 0.409 e. The molecule has 2 rings (SSSR count). The number of rotatable bonds is 3. The zero-order valence-corrected chi connectivity index (χ0v) is 13.9. The van der Waals surface area contributed by atoms with Gasteiger partial charge in [-0.05, 0) is 46.3 Å². The third-order valence-electron chi connectivity index (χ3n) is 2.41. The highest BCUT2D eigenvalue weighted by molar-refractivity contribution is 9.11. The number of amides is 1. The molecule has 0 saturated carbocycles. The smallest absolute Gasteiger partial charge is 0.265 e. The van der Waals surface area contributed by atoms with Gasteiger partial charge in [0, 0.05) is 10.0 Å². The summed E-state index contributed by atoms with van der Waals surface area (Å²) in [6.07, 6.45) is 0. The highest BCUT2D eigenvalue weighted by Gasteiger charge is 2.13. The summed E-state index contributed by atoms with van der Waals surface area (Å²) < 4.78 is 1.64. The lowest BCUT2D eigenvalue weighted by atomic mass is 10.1. The van der Waals surface area contributed by atoms with Gasteiger partial charge in [-0.25, -0.2) is 0 Å². The van der Waals surface area contributed by atoms with Gasteiger partial charge in [-0.15, -0.1) is 11.3 Å². The number of nitrogens with two attached hydrogens (primary N) is 1. The van der Waals surface area contributed by atoms with Crippen molar-refractivity contribution in [3.63, 3.8) is 0 Å². The van der Waals surface area contributed by atoms with E-state index in [0.717, 1.165) is 8.26 Å². The number of amidine groups is 1. The quantitative estimate of drug-likeness (QED) is 0.308. The molecule has 2 aromatic rings. The van der Waals surface area contributed by atoms with E-state index < -0.39 is 0 Å². The van der Waals surface area contributed by atoms with Crippen molar-refractivity contribution in [1.29, 1.82) is 0 Å². The summed E-state index contributed by atoms with van der Waals surface area (Å²) in [7, 11) is 0. The zero-order valence-electron chi connectivity index (χ0n) is 9.93. The van der Waals surface area contributed by atoms with Gasteiger partial charge in [0.15, 0.2) is 5.84 Å². The molecule has 1 aromatic heterocycles. The maximum absolute atomic E-state index is 12.1. The number of halogens is 2. The molecule has 5 nitrogen and oxygen atoms in total. The van der Waals surface area contributed by atoms with E-state index in [-0.39, 0.29) is 11.7 Å². The second-order valence-corrected chi connectivity index (χ2v) is 7.11. The van der Waals surface area contributed by atoms with Crippen LogP contribution in [0.4, 0.5) is 5.69 Å². The average Bonchev–Trinajstić information content (AvgIpc) is 2.85. The topological polar surface area (TPSA) is 87.7 Å². The van der Waals surface area contributed by atoms with Crippen LogP contribution in [0.15, 0.2) is 43.7 Å². The van der Waals surface area contributed by atoms with Crippen molar-refractivity contribution in [3.05, 3.63) is 49.0 Å². The third-order valence-corrected chi connectivity index (χ3v) is 4.53. The first-order valence-corrected chi connectivity index (χ1v) is 7.75. The zero-order chi connectivity index (χ0) is 14.7. The monoisotopic (exact) mass is 417 g/mol. The van der Waals surface area contributed by atoms with Gasteiger partial charge in [0.05, 0.1) is 14.4 Å². The van der Waals surface area contributed by atoms with Crippen LogP contribution in [-0.2, 0) is 0 Å². The van der Waals surface area contributed by atoms with Gasteiger partial charge < -0.3 is 16.3 Å². The van der Waals surface area contributed by atoms with Gasteiger partial charge >= 0.3 is 0 Å². The molecule has 0 spiro atoms. The van der Waals surface area contributed by atoms with Crippen LogP contribution >= 0.6 is 43.2 Å². The van der Waals surface area contributed by atoms with Crippen molar-refractivity contribution in [3.8, 4) is 0 Å². The normalized spacial score (nSPS) is 11.4. The first-order chi connectivity index (χ1) is 9.51. The molecule has 1 amide bonds. The van der Waals surface area contributed by atoms with E-state index in [0.29, 0.717) is 16.1 Å². The number of anilines is 1. The predicted octanol–water partition coefficient (Wildman–Crippen LogP) is 3.62. The van der Waals surface area contributed by atoms with E-state index in [1.807, 2.05) is 0 Å². The van der Waals surface area contributed by atoms with Crippen molar-refractivity contribution in [2.24, 2.45) is 10.9 Å². The van der Waals surface area contributed by atoms with E-state index in [1.165, 1.54) is 11.3 Å². The number of thiophene rings is 1. The Morgan fingerprint density at radius 1 is 1.30 bits per heavy atom. The van der Waals surface area contributed by atoms with Gasteiger partial charge in [0.2, 0.25) is 0 Å². The molecule has 0 aliphatic heterocycles. The van der Waals surface area contributed by atoms with Crippen LogP contribution in [0.3, 0.4) is 0 Å². The van der Waals surface area contributed by atoms with Crippen molar-refractivity contribution in [1.82, 2.24) is 0 Å². The SMILES string of the molecule is N/C(=N/O)c1ccc(Br)cc1NC(=O)c1ccc(Br)s1. The van der Waals surface area contributed by atoms with E-state index in [4.69, 9.17) is 10.9 Å². The van der Waals surface area contributed by atoms with E-state index in [1.54, 1.807) is 30.3 Å². The van der Waals surface area contributed by atoms with Crippen LogP contribution < -0.4 is 11.1 Å². The number of hydrogen-bond donors (Lipinski definition) is 3. The highest BCUT2D eigenvalue weighted by atomic mass is 79.9. The minimum Gasteiger partial charge on any atom is -0.409 e. The van der Waals surface area contributed by atoms with Gasteiger partial charge in [0.1, 0.15) is 0 Å². The maximum Gasteiger partial charge on any atom is 0.265 e. The number of carbonyl (C=O) groups is 1. The maximum atomic E-state index is 12.1. The van der Waals surface area contributed by atoms with Crippen LogP contribution in [0, 0.1) is 0 Å². The standard InChI is InChI=1S/C12H9Br2N3O2S/c13-6-1-2-7(11(15)17-19)8(5-6)16-12(18)9-3-4-10(14)20-9/h1-5,19H,(H2,15,17)(H,16,18). The van der Waals surface area contributed by atoms with E-state index >= 15 is 0 Å². The molecule has 0 fully saturated rings. The molecule has 0 aliphatic carbocycles.